The van der Waals surface area contributed by atoms with Gasteiger partial charge in [0, 0.05) is 18.2 Å². The van der Waals surface area contributed by atoms with Gasteiger partial charge in [-0.3, -0.25) is 0 Å². The molecule has 0 bridgehead atoms. The van der Waals surface area contributed by atoms with Gasteiger partial charge in [-0.25, -0.2) is 14.8 Å². The van der Waals surface area contributed by atoms with Gasteiger partial charge in [-0.1, -0.05) is 20.8 Å². The predicted octanol–water partition coefficient (Wildman–Crippen LogP) is 1.54. The number of morpholine rings is 1. The van der Waals surface area contributed by atoms with Crippen LogP contribution in [0.1, 0.15) is 33.5 Å². The molecule has 1 aliphatic heterocycles. The van der Waals surface area contributed by atoms with Crippen molar-refractivity contribution in [2.45, 2.75) is 45.3 Å². The Balaban J connectivity index is 2.22. The molecule has 1 unspecified atom stereocenters. The quantitative estimate of drug-likeness (QED) is 0.771. The van der Waals surface area contributed by atoms with E-state index in [1.807, 2.05) is 17.9 Å². The Hall–Kier alpha value is -1.69. The van der Waals surface area contributed by atoms with Crippen molar-refractivity contribution < 1.29 is 14.3 Å². The molecule has 0 N–H and O–H groups in total. The standard InChI is InChI=1S/C15H23N3O3/c1-10-8-18(9-11(21-10)13(19)20-5)12-6-7-16-14(17-12)15(2,3)4/h6-7,10-11H,8-9H2,1-5H3/t10-,11?/m1/s1. The highest BCUT2D eigenvalue weighted by molar-refractivity contribution is 5.75. The van der Waals surface area contributed by atoms with Crippen LogP contribution in [-0.2, 0) is 19.7 Å². The van der Waals surface area contributed by atoms with Gasteiger partial charge in [0.25, 0.3) is 0 Å². The van der Waals surface area contributed by atoms with Gasteiger partial charge in [-0.15, -0.1) is 0 Å². The molecule has 1 aromatic rings. The zero-order chi connectivity index (χ0) is 15.6. The van der Waals surface area contributed by atoms with Gasteiger partial charge in [0.2, 0.25) is 0 Å². The largest absolute Gasteiger partial charge is 0.467 e. The molecule has 1 fully saturated rings. The zero-order valence-electron chi connectivity index (χ0n) is 13.3. The molecule has 0 aliphatic carbocycles. The number of rotatable bonds is 2. The van der Waals surface area contributed by atoms with E-state index in [-0.39, 0.29) is 17.5 Å². The second-order valence-corrected chi connectivity index (χ2v) is 6.35. The molecular weight excluding hydrogens is 270 g/mol. The Morgan fingerprint density at radius 2 is 2.14 bits per heavy atom. The van der Waals surface area contributed by atoms with E-state index in [2.05, 4.69) is 30.7 Å². The van der Waals surface area contributed by atoms with E-state index in [1.165, 1.54) is 7.11 Å². The first-order chi connectivity index (χ1) is 9.81. The van der Waals surface area contributed by atoms with Gasteiger partial charge in [0.1, 0.15) is 11.6 Å². The normalized spacial score (nSPS) is 23.0. The summed E-state index contributed by atoms with van der Waals surface area (Å²) in [5.41, 5.74) is -0.115. The van der Waals surface area contributed by atoms with Crippen molar-refractivity contribution in [2.75, 3.05) is 25.1 Å². The third kappa shape index (κ3) is 3.69. The summed E-state index contributed by atoms with van der Waals surface area (Å²) < 4.78 is 10.4. The number of carbonyl (C=O) groups excluding carboxylic acids is 1. The zero-order valence-corrected chi connectivity index (χ0v) is 13.3. The molecule has 6 nitrogen and oxygen atoms in total. The van der Waals surface area contributed by atoms with E-state index in [0.717, 1.165) is 11.6 Å². The van der Waals surface area contributed by atoms with E-state index in [9.17, 15) is 4.79 Å². The van der Waals surface area contributed by atoms with Crippen molar-refractivity contribution in [3.8, 4) is 0 Å². The van der Waals surface area contributed by atoms with Crippen LogP contribution in [0.5, 0.6) is 0 Å². The van der Waals surface area contributed by atoms with Crippen molar-refractivity contribution in [3.05, 3.63) is 18.1 Å². The van der Waals surface area contributed by atoms with Crippen molar-refractivity contribution in [3.63, 3.8) is 0 Å². The van der Waals surface area contributed by atoms with Crippen molar-refractivity contribution >= 4 is 11.8 Å². The highest BCUT2D eigenvalue weighted by atomic mass is 16.6. The maximum absolute atomic E-state index is 11.7. The van der Waals surface area contributed by atoms with Crippen LogP contribution in [0.2, 0.25) is 0 Å². The number of nitrogens with zero attached hydrogens (tertiary/aromatic N) is 3. The van der Waals surface area contributed by atoms with E-state index < -0.39 is 6.10 Å². The number of methoxy groups -OCH3 is 1. The second-order valence-electron chi connectivity index (χ2n) is 6.35. The summed E-state index contributed by atoms with van der Waals surface area (Å²) in [6.45, 7) is 9.29. The first-order valence-electron chi connectivity index (χ1n) is 7.13. The summed E-state index contributed by atoms with van der Waals surface area (Å²) >= 11 is 0. The van der Waals surface area contributed by atoms with Crippen LogP contribution in [0.4, 0.5) is 5.82 Å². The topological polar surface area (TPSA) is 64.5 Å². The lowest BCUT2D eigenvalue weighted by atomic mass is 9.96. The van der Waals surface area contributed by atoms with Crippen LogP contribution >= 0.6 is 0 Å². The Bertz CT molecular complexity index is 513. The van der Waals surface area contributed by atoms with Crippen LogP contribution in [0.25, 0.3) is 0 Å². The Kier molecular flexibility index (Phi) is 4.46. The Morgan fingerprint density at radius 3 is 2.76 bits per heavy atom. The van der Waals surface area contributed by atoms with Crippen LogP contribution in [0.3, 0.4) is 0 Å². The molecule has 0 saturated carbocycles. The summed E-state index contributed by atoms with van der Waals surface area (Å²) in [6, 6.07) is 1.86. The van der Waals surface area contributed by atoms with Crippen molar-refractivity contribution in [2.24, 2.45) is 0 Å². The molecule has 2 atom stereocenters. The summed E-state index contributed by atoms with van der Waals surface area (Å²) in [5, 5.41) is 0. The molecule has 116 valence electrons. The lowest BCUT2D eigenvalue weighted by Gasteiger charge is -2.36. The minimum atomic E-state index is -0.577. The highest BCUT2D eigenvalue weighted by Gasteiger charge is 2.32. The fourth-order valence-electron chi connectivity index (χ4n) is 2.29. The van der Waals surface area contributed by atoms with Crippen LogP contribution < -0.4 is 4.90 Å². The minimum Gasteiger partial charge on any atom is -0.467 e. The SMILES string of the molecule is COC(=O)C1CN(c2ccnc(C(C)(C)C)n2)C[C@@H](C)O1. The van der Waals surface area contributed by atoms with Crippen molar-refractivity contribution in [1.29, 1.82) is 0 Å². The third-order valence-electron chi connectivity index (χ3n) is 3.36. The van der Waals surface area contributed by atoms with Gasteiger partial charge in [-0.2, -0.15) is 0 Å². The monoisotopic (exact) mass is 293 g/mol. The molecule has 2 heterocycles. The van der Waals surface area contributed by atoms with Gasteiger partial charge < -0.3 is 14.4 Å². The maximum atomic E-state index is 11.7. The molecule has 1 aliphatic rings. The summed E-state index contributed by atoms with van der Waals surface area (Å²) in [7, 11) is 1.37. The van der Waals surface area contributed by atoms with Gasteiger partial charge in [0.15, 0.2) is 6.10 Å². The average molecular weight is 293 g/mol. The lowest BCUT2D eigenvalue weighted by Crippen LogP contribution is -2.50. The molecular formula is C15H23N3O3. The molecule has 21 heavy (non-hydrogen) atoms. The summed E-state index contributed by atoms with van der Waals surface area (Å²) in [6.07, 6.45) is 1.12. The minimum absolute atomic E-state index is 0.0593. The molecule has 0 radical (unpaired) electrons. The van der Waals surface area contributed by atoms with Crippen molar-refractivity contribution in [1.82, 2.24) is 9.97 Å². The second kappa shape index (κ2) is 5.97. The molecule has 6 heteroatoms. The van der Waals surface area contributed by atoms with E-state index in [0.29, 0.717) is 13.1 Å². The maximum Gasteiger partial charge on any atom is 0.336 e. The number of hydrogen-bond donors (Lipinski definition) is 0. The molecule has 0 amide bonds. The number of hydrogen-bond acceptors (Lipinski definition) is 6. The Labute approximate surface area is 125 Å². The average Bonchev–Trinajstić information content (AvgIpc) is 2.45. The predicted molar refractivity (Wildman–Crippen MR) is 79.3 cm³/mol. The van der Waals surface area contributed by atoms with Gasteiger partial charge in [-0.05, 0) is 13.0 Å². The fraction of sp³-hybridized carbons (Fsp3) is 0.667. The molecule has 0 spiro atoms. The van der Waals surface area contributed by atoms with E-state index in [4.69, 9.17) is 9.47 Å². The fourth-order valence-corrected chi connectivity index (χ4v) is 2.29. The summed E-state index contributed by atoms with van der Waals surface area (Å²) in [5.74, 6) is 1.25. The highest BCUT2D eigenvalue weighted by Crippen LogP contribution is 2.23. The van der Waals surface area contributed by atoms with E-state index >= 15 is 0 Å². The first kappa shape index (κ1) is 15.7. The van der Waals surface area contributed by atoms with Gasteiger partial charge in [0.05, 0.1) is 19.8 Å². The number of esters is 1. The smallest absolute Gasteiger partial charge is 0.336 e. The third-order valence-corrected chi connectivity index (χ3v) is 3.36. The molecule has 1 aromatic heterocycles. The summed E-state index contributed by atoms with van der Waals surface area (Å²) in [4.78, 5) is 22.7. The van der Waals surface area contributed by atoms with Crippen LogP contribution in [-0.4, -0.2) is 48.3 Å². The molecule has 1 saturated heterocycles. The molecule has 0 aromatic carbocycles. The number of ether oxygens (including phenoxy) is 2. The number of carbonyl (C=O) groups is 1. The Morgan fingerprint density at radius 1 is 1.43 bits per heavy atom. The number of anilines is 1. The lowest BCUT2D eigenvalue weighted by molar-refractivity contribution is -0.158. The van der Waals surface area contributed by atoms with Gasteiger partial charge >= 0.3 is 5.97 Å². The first-order valence-corrected chi connectivity index (χ1v) is 7.13. The number of aromatic nitrogens is 2. The molecule has 2 rings (SSSR count). The van der Waals surface area contributed by atoms with Crippen LogP contribution in [0, 0.1) is 0 Å². The van der Waals surface area contributed by atoms with Crippen LogP contribution in [0.15, 0.2) is 12.3 Å². The van der Waals surface area contributed by atoms with E-state index in [1.54, 1.807) is 6.20 Å².